The lowest BCUT2D eigenvalue weighted by Gasteiger charge is -2.18. The second-order valence-corrected chi connectivity index (χ2v) is 8.35. The fourth-order valence-corrected chi connectivity index (χ4v) is 3.86. The third-order valence-corrected chi connectivity index (χ3v) is 6.02. The van der Waals surface area contributed by atoms with Crippen LogP contribution < -0.4 is 15.6 Å². The van der Waals surface area contributed by atoms with Gasteiger partial charge < -0.3 is 4.74 Å². The van der Waals surface area contributed by atoms with Gasteiger partial charge in [-0.15, -0.1) is 0 Å². The Morgan fingerprint density at radius 1 is 0.972 bits per heavy atom. The predicted molar refractivity (Wildman–Crippen MR) is 136 cm³/mol. The van der Waals surface area contributed by atoms with E-state index in [9.17, 15) is 14.9 Å². The molecule has 9 nitrogen and oxygen atoms in total. The number of hydrogen-bond donors (Lipinski definition) is 2. The van der Waals surface area contributed by atoms with Crippen molar-refractivity contribution in [2.45, 2.75) is 19.8 Å². The molecule has 0 aliphatic heterocycles. The van der Waals surface area contributed by atoms with Crippen molar-refractivity contribution in [2.75, 3.05) is 5.43 Å². The summed E-state index contributed by atoms with van der Waals surface area (Å²) in [5.74, 6) is -1.25. The van der Waals surface area contributed by atoms with Crippen molar-refractivity contribution >= 4 is 29.0 Å². The SMILES string of the molecule is Cc1cc(Oc2ncnc(NNC(=O)C(c3ccccc3)c3ccccc3)c2[N+](=O)[O-])cc(C)c1Cl. The maximum atomic E-state index is 13.3. The number of aromatic nitrogens is 2. The molecule has 0 saturated heterocycles. The average Bonchev–Trinajstić information content (AvgIpc) is 2.87. The summed E-state index contributed by atoms with van der Waals surface area (Å²) in [6.07, 6.45) is 1.11. The largest absolute Gasteiger partial charge is 0.434 e. The normalized spacial score (nSPS) is 10.7. The molecule has 1 aromatic heterocycles. The highest BCUT2D eigenvalue weighted by Crippen LogP contribution is 2.35. The molecule has 10 heteroatoms. The molecular formula is C26H22ClN5O4. The Morgan fingerprint density at radius 2 is 1.53 bits per heavy atom. The van der Waals surface area contributed by atoms with Crippen LogP contribution in [0.25, 0.3) is 0 Å². The lowest BCUT2D eigenvalue weighted by atomic mass is 9.91. The van der Waals surface area contributed by atoms with Gasteiger partial charge >= 0.3 is 11.6 Å². The highest BCUT2D eigenvalue weighted by molar-refractivity contribution is 6.32. The van der Waals surface area contributed by atoms with E-state index in [1.807, 2.05) is 60.7 Å². The molecule has 3 aromatic carbocycles. The van der Waals surface area contributed by atoms with Crippen LogP contribution in [0.15, 0.2) is 79.1 Å². The van der Waals surface area contributed by atoms with E-state index < -0.39 is 22.4 Å². The van der Waals surface area contributed by atoms with Crippen LogP contribution in [0.4, 0.5) is 11.5 Å². The third-order valence-electron chi connectivity index (χ3n) is 5.43. The van der Waals surface area contributed by atoms with E-state index in [2.05, 4.69) is 20.8 Å². The zero-order valence-electron chi connectivity index (χ0n) is 19.4. The Balaban J connectivity index is 1.61. The standard InChI is InChI=1S/C26H22ClN5O4/c1-16-13-20(14-17(2)22(16)27)36-26-23(32(34)35)24(28-15-29-26)30-31-25(33)21(18-9-5-3-6-10-18)19-11-7-4-8-12-19/h3-15,21H,1-2H3,(H,31,33)(H,28,29,30). The number of nitrogens with zero attached hydrogens (tertiary/aromatic N) is 3. The summed E-state index contributed by atoms with van der Waals surface area (Å²) in [5.41, 5.74) is 7.63. The third kappa shape index (κ3) is 5.42. The first-order valence-electron chi connectivity index (χ1n) is 10.9. The second-order valence-electron chi connectivity index (χ2n) is 7.97. The van der Waals surface area contributed by atoms with E-state index in [0.29, 0.717) is 10.8 Å². The number of hydrazine groups is 1. The van der Waals surface area contributed by atoms with Gasteiger partial charge in [0, 0.05) is 5.02 Å². The van der Waals surface area contributed by atoms with E-state index >= 15 is 0 Å². The zero-order chi connectivity index (χ0) is 25.7. The van der Waals surface area contributed by atoms with Gasteiger partial charge in [-0.05, 0) is 48.2 Å². The van der Waals surface area contributed by atoms with Gasteiger partial charge in [0.2, 0.25) is 11.7 Å². The number of anilines is 1. The highest BCUT2D eigenvalue weighted by Gasteiger charge is 2.28. The summed E-state index contributed by atoms with van der Waals surface area (Å²) in [5, 5.41) is 12.5. The van der Waals surface area contributed by atoms with E-state index in [1.54, 1.807) is 26.0 Å². The number of amides is 1. The van der Waals surface area contributed by atoms with Crippen molar-refractivity contribution in [1.82, 2.24) is 15.4 Å². The fraction of sp³-hybridized carbons (Fsp3) is 0.115. The minimum absolute atomic E-state index is 0.222. The number of carbonyl (C=O) groups is 1. The molecule has 1 heterocycles. The van der Waals surface area contributed by atoms with E-state index in [1.165, 1.54) is 0 Å². The molecule has 0 aliphatic carbocycles. The number of carbonyl (C=O) groups excluding carboxylic acids is 1. The predicted octanol–water partition coefficient (Wildman–Crippen LogP) is 5.72. The maximum absolute atomic E-state index is 13.3. The van der Waals surface area contributed by atoms with Crippen molar-refractivity contribution in [1.29, 1.82) is 0 Å². The Bertz CT molecular complexity index is 1340. The van der Waals surface area contributed by atoms with E-state index in [-0.39, 0.29) is 11.7 Å². The summed E-state index contributed by atoms with van der Waals surface area (Å²) in [6.45, 7) is 3.60. The number of halogens is 1. The molecule has 4 rings (SSSR count). The van der Waals surface area contributed by atoms with Gasteiger partial charge in [-0.2, -0.15) is 4.98 Å². The quantitative estimate of drug-likeness (QED) is 0.233. The number of rotatable bonds is 8. The summed E-state index contributed by atoms with van der Waals surface area (Å²) in [4.78, 5) is 32.4. The molecule has 0 atom stereocenters. The molecule has 4 aromatic rings. The van der Waals surface area contributed by atoms with Gasteiger partial charge in [0.15, 0.2) is 0 Å². The zero-order valence-corrected chi connectivity index (χ0v) is 20.2. The Kier molecular flexibility index (Phi) is 7.41. The number of aryl methyl sites for hydroxylation is 2. The summed E-state index contributed by atoms with van der Waals surface area (Å²) >= 11 is 6.20. The van der Waals surface area contributed by atoms with E-state index in [4.69, 9.17) is 16.3 Å². The van der Waals surface area contributed by atoms with Gasteiger partial charge in [0.05, 0.1) is 10.8 Å². The molecule has 2 N–H and O–H groups in total. The van der Waals surface area contributed by atoms with Crippen LogP contribution in [0.5, 0.6) is 11.6 Å². The van der Waals surface area contributed by atoms with Crippen LogP contribution in [0.2, 0.25) is 5.02 Å². The average molecular weight is 504 g/mol. The fourth-order valence-electron chi connectivity index (χ4n) is 3.75. The van der Waals surface area contributed by atoms with Gasteiger partial charge in [0.25, 0.3) is 0 Å². The van der Waals surface area contributed by atoms with Gasteiger partial charge in [0.1, 0.15) is 12.1 Å². The van der Waals surface area contributed by atoms with E-state index in [0.717, 1.165) is 28.6 Å². The first-order valence-corrected chi connectivity index (χ1v) is 11.3. The smallest absolute Gasteiger partial charge is 0.374 e. The molecule has 0 bridgehead atoms. The number of benzene rings is 3. The molecule has 0 fully saturated rings. The summed E-state index contributed by atoms with van der Waals surface area (Å²) in [6, 6.07) is 21.7. The van der Waals surface area contributed by atoms with Crippen LogP contribution >= 0.6 is 11.6 Å². The lowest BCUT2D eigenvalue weighted by molar-refractivity contribution is -0.385. The molecule has 0 unspecified atom stereocenters. The van der Waals surface area contributed by atoms with Gasteiger partial charge in [-0.25, -0.2) is 4.98 Å². The van der Waals surface area contributed by atoms with Crippen molar-refractivity contribution in [3.05, 3.63) is 117 Å². The molecule has 0 saturated carbocycles. The Hall–Kier alpha value is -4.50. The minimum Gasteiger partial charge on any atom is -0.434 e. The van der Waals surface area contributed by atoms with Gasteiger partial charge in [-0.1, -0.05) is 72.3 Å². The molecule has 0 radical (unpaired) electrons. The van der Waals surface area contributed by atoms with Crippen molar-refractivity contribution in [3.63, 3.8) is 0 Å². The van der Waals surface area contributed by atoms with Crippen molar-refractivity contribution < 1.29 is 14.5 Å². The number of ether oxygens (including phenoxy) is 1. The van der Waals surface area contributed by atoms with Crippen LogP contribution in [0.3, 0.4) is 0 Å². The Labute approximate surface area is 212 Å². The minimum atomic E-state index is -0.675. The molecule has 1 amide bonds. The number of nitro groups is 1. The number of nitrogens with one attached hydrogen (secondary N) is 2. The van der Waals surface area contributed by atoms with Crippen LogP contribution in [-0.4, -0.2) is 20.8 Å². The first kappa shape index (κ1) is 24.6. The summed E-state index contributed by atoms with van der Waals surface area (Å²) < 4.78 is 5.72. The van der Waals surface area contributed by atoms with Crippen molar-refractivity contribution in [3.8, 4) is 11.6 Å². The Morgan fingerprint density at radius 3 is 2.06 bits per heavy atom. The molecule has 0 aliphatic rings. The lowest BCUT2D eigenvalue weighted by Crippen LogP contribution is -2.35. The molecular weight excluding hydrogens is 482 g/mol. The maximum Gasteiger partial charge on any atom is 0.374 e. The molecule has 0 spiro atoms. The topological polar surface area (TPSA) is 119 Å². The second kappa shape index (κ2) is 10.8. The highest BCUT2D eigenvalue weighted by atomic mass is 35.5. The van der Waals surface area contributed by atoms with Crippen LogP contribution in [-0.2, 0) is 4.79 Å². The van der Waals surface area contributed by atoms with Crippen molar-refractivity contribution in [2.24, 2.45) is 0 Å². The van der Waals surface area contributed by atoms with Crippen LogP contribution in [0, 0.1) is 24.0 Å². The summed E-state index contributed by atoms with van der Waals surface area (Å²) in [7, 11) is 0. The monoisotopic (exact) mass is 503 g/mol. The first-order chi connectivity index (χ1) is 17.3. The van der Waals surface area contributed by atoms with Crippen LogP contribution in [0.1, 0.15) is 28.2 Å². The molecule has 36 heavy (non-hydrogen) atoms. The molecule has 182 valence electrons. The number of hydrogen-bond acceptors (Lipinski definition) is 7. The van der Waals surface area contributed by atoms with Gasteiger partial charge in [-0.3, -0.25) is 25.8 Å².